The fraction of sp³-hybridized carbons (Fsp3) is 0.214. The number of hydrogen-bond acceptors (Lipinski definition) is 7. The molecule has 2 saturated heterocycles. The SMILES string of the molecule is O=C1OC(COc2ccccc2)CN1CCCOc1ccc(CC2SC(=O)N(C(c3ccccc3)(c3ccccc3)c3ccccc3)C2=O)cc1. The highest BCUT2D eigenvalue weighted by Gasteiger charge is 2.54. The first kappa shape index (κ1) is 33.9. The zero-order chi connectivity index (χ0) is 35.0. The van der Waals surface area contributed by atoms with Gasteiger partial charge in [-0.15, -0.1) is 0 Å². The monoisotopic (exact) mass is 698 g/mol. The Bertz CT molecular complexity index is 1830. The lowest BCUT2D eigenvalue weighted by atomic mass is 9.75. The van der Waals surface area contributed by atoms with Crippen molar-refractivity contribution in [2.75, 3.05) is 26.3 Å². The Labute approximate surface area is 301 Å². The van der Waals surface area contributed by atoms with E-state index in [9.17, 15) is 14.4 Å². The van der Waals surface area contributed by atoms with Crippen LogP contribution in [0.5, 0.6) is 11.5 Å². The Hall–Kier alpha value is -5.54. The molecule has 2 aliphatic heterocycles. The van der Waals surface area contributed by atoms with Crippen LogP contribution >= 0.6 is 11.8 Å². The van der Waals surface area contributed by atoms with Gasteiger partial charge in [-0.1, -0.05) is 133 Å². The molecule has 0 saturated carbocycles. The molecule has 2 aliphatic rings. The first-order valence-electron chi connectivity index (χ1n) is 17.1. The highest BCUT2D eigenvalue weighted by Crippen LogP contribution is 2.47. The molecular weight excluding hydrogens is 661 g/mol. The van der Waals surface area contributed by atoms with E-state index in [1.54, 1.807) is 4.90 Å². The lowest BCUT2D eigenvalue weighted by Crippen LogP contribution is -2.51. The van der Waals surface area contributed by atoms with Gasteiger partial charge in [0.1, 0.15) is 23.6 Å². The lowest BCUT2D eigenvalue weighted by Gasteiger charge is -2.42. The van der Waals surface area contributed by atoms with Gasteiger partial charge >= 0.3 is 6.09 Å². The number of benzene rings is 5. The van der Waals surface area contributed by atoms with Crippen molar-refractivity contribution in [2.24, 2.45) is 0 Å². The van der Waals surface area contributed by atoms with Gasteiger partial charge in [0.05, 0.1) is 18.4 Å². The molecule has 5 aromatic rings. The number of imide groups is 1. The minimum atomic E-state index is -1.14. The number of hydrogen-bond donors (Lipinski definition) is 0. The normalized spacial score (nSPS) is 17.5. The highest BCUT2D eigenvalue weighted by atomic mass is 32.2. The third-order valence-corrected chi connectivity index (χ3v) is 10.2. The van der Waals surface area contributed by atoms with Crippen LogP contribution in [0.1, 0.15) is 28.7 Å². The second-order valence-corrected chi connectivity index (χ2v) is 13.6. The van der Waals surface area contributed by atoms with Gasteiger partial charge in [-0.2, -0.15) is 0 Å². The minimum absolute atomic E-state index is 0.226. The van der Waals surface area contributed by atoms with E-state index in [1.807, 2.05) is 146 Å². The lowest BCUT2D eigenvalue weighted by molar-refractivity contribution is -0.129. The van der Waals surface area contributed by atoms with Crippen LogP contribution in [0.25, 0.3) is 0 Å². The molecule has 2 fully saturated rings. The van der Waals surface area contributed by atoms with Crippen LogP contribution in [0.4, 0.5) is 9.59 Å². The molecule has 2 heterocycles. The van der Waals surface area contributed by atoms with Crippen molar-refractivity contribution in [3.05, 3.63) is 168 Å². The number of nitrogens with zero attached hydrogens (tertiary/aromatic N) is 2. The molecule has 8 nitrogen and oxygen atoms in total. The molecule has 0 spiro atoms. The van der Waals surface area contributed by atoms with Crippen molar-refractivity contribution < 1.29 is 28.6 Å². The Kier molecular flexibility index (Phi) is 10.4. The number of thioether (sulfide) groups is 1. The summed E-state index contributed by atoms with van der Waals surface area (Å²) in [5, 5.41) is -0.861. The molecule has 0 aliphatic carbocycles. The number of ether oxygens (including phenoxy) is 3. The molecule has 0 aromatic heterocycles. The highest BCUT2D eigenvalue weighted by molar-refractivity contribution is 8.15. The van der Waals surface area contributed by atoms with Gasteiger partial charge in [-0.05, 0) is 59.4 Å². The Morgan fingerprint density at radius 2 is 1.20 bits per heavy atom. The molecule has 0 radical (unpaired) electrons. The summed E-state index contributed by atoms with van der Waals surface area (Å²) in [6.07, 6.45) is 0.378. The van der Waals surface area contributed by atoms with Crippen molar-refractivity contribution in [3.8, 4) is 11.5 Å². The average Bonchev–Trinajstić information content (AvgIpc) is 3.68. The standard InChI is InChI=1S/C42H38N2O6S/c45-39-38(51-41(47)44(39)42(32-14-5-1-6-15-32,33-16-7-2-8-17-33)34-18-9-3-10-19-34)28-31-22-24-36(25-23-31)48-27-13-26-43-29-37(50-40(43)46)30-49-35-20-11-4-12-21-35/h1-12,14-25,37-38H,13,26-30H2. The largest absolute Gasteiger partial charge is 0.494 e. The molecule has 7 rings (SSSR count). The van der Waals surface area contributed by atoms with Crippen molar-refractivity contribution in [1.82, 2.24) is 9.80 Å². The van der Waals surface area contributed by atoms with Crippen molar-refractivity contribution >= 4 is 29.0 Å². The minimum Gasteiger partial charge on any atom is -0.494 e. The molecular formula is C42H38N2O6S. The summed E-state index contributed by atoms with van der Waals surface area (Å²) in [7, 11) is 0. The van der Waals surface area contributed by atoms with E-state index < -0.39 is 10.8 Å². The maximum absolute atomic E-state index is 14.4. The summed E-state index contributed by atoms with van der Waals surface area (Å²) in [6.45, 7) is 1.72. The molecule has 0 N–H and O–H groups in total. The Morgan fingerprint density at radius 1 is 0.667 bits per heavy atom. The van der Waals surface area contributed by atoms with Crippen LogP contribution in [0, 0.1) is 0 Å². The number of cyclic esters (lactones) is 1. The fourth-order valence-corrected chi connectivity index (χ4v) is 7.80. The number of amides is 3. The third kappa shape index (κ3) is 7.35. The molecule has 258 valence electrons. The van der Waals surface area contributed by atoms with Crippen LogP contribution < -0.4 is 9.47 Å². The van der Waals surface area contributed by atoms with Gasteiger partial charge < -0.3 is 19.1 Å². The average molecular weight is 699 g/mol. The van der Waals surface area contributed by atoms with Crippen molar-refractivity contribution in [1.29, 1.82) is 0 Å². The second-order valence-electron chi connectivity index (χ2n) is 12.5. The summed E-state index contributed by atoms with van der Waals surface area (Å²) in [6, 6.07) is 46.4. The third-order valence-electron chi connectivity index (χ3n) is 9.15. The van der Waals surface area contributed by atoms with Crippen LogP contribution in [0.15, 0.2) is 146 Å². The Morgan fingerprint density at radius 3 is 1.76 bits per heavy atom. The summed E-state index contributed by atoms with van der Waals surface area (Å²) in [5.74, 6) is 1.21. The van der Waals surface area contributed by atoms with Crippen LogP contribution in [-0.4, -0.2) is 64.7 Å². The maximum atomic E-state index is 14.4. The van der Waals surface area contributed by atoms with Crippen molar-refractivity contribution in [2.45, 2.75) is 29.7 Å². The number of rotatable bonds is 14. The van der Waals surface area contributed by atoms with E-state index in [1.165, 1.54) is 4.90 Å². The summed E-state index contributed by atoms with van der Waals surface area (Å²) >= 11 is 1.08. The van der Waals surface area contributed by atoms with E-state index >= 15 is 0 Å². The smallest absolute Gasteiger partial charge is 0.410 e. The molecule has 0 bridgehead atoms. The quantitative estimate of drug-likeness (QED) is 0.0860. The maximum Gasteiger partial charge on any atom is 0.410 e. The van der Waals surface area contributed by atoms with E-state index in [-0.39, 0.29) is 23.3 Å². The van der Waals surface area contributed by atoms with Gasteiger partial charge in [0.15, 0.2) is 6.10 Å². The van der Waals surface area contributed by atoms with E-state index in [0.717, 1.165) is 39.8 Å². The number of para-hydroxylation sites is 1. The fourth-order valence-electron chi connectivity index (χ4n) is 6.75. The van der Waals surface area contributed by atoms with Gasteiger partial charge in [-0.3, -0.25) is 14.5 Å². The predicted octanol–water partition coefficient (Wildman–Crippen LogP) is 7.95. The zero-order valence-corrected chi connectivity index (χ0v) is 28.8. The summed E-state index contributed by atoms with van der Waals surface area (Å²) in [4.78, 5) is 43.9. The van der Waals surface area contributed by atoms with Crippen LogP contribution in [-0.2, 0) is 21.5 Å². The first-order chi connectivity index (χ1) is 25.0. The van der Waals surface area contributed by atoms with Gasteiger partial charge in [0.25, 0.3) is 5.24 Å². The first-order valence-corrected chi connectivity index (χ1v) is 18.0. The van der Waals surface area contributed by atoms with Gasteiger partial charge in [-0.25, -0.2) is 4.79 Å². The molecule has 51 heavy (non-hydrogen) atoms. The summed E-state index contributed by atoms with van der Waals surface area (Å²) in [5.41, 5.74) is 2.30. The molecule has 3 amide bonds. The van der Waals surface area contributed by atoms with Gasteiger partial charge in [0, 0.05) is 6.54 Å². The molecule has 2 unspecified atom stereocenters. The number of carbonyl (C=O) groups is 3. The van der Waals surface area contributed by atoms with E-state index in [2.05, 4.69) is 0 Å². The van der Waals surface area contributed by atoms with Crippen LogP contribution in [0.2, 0.25) is 0 Å². The molecule has 9 heteroatoms. The van der Waals surface area contributed by atoms with Gasteiger partial charge in [0.2, 0.25) is 5.91 Å². The van der Waals surface area contributed by atoms with E-state index in [0.29, 0.717) is 44.9 Å². The molecule has 2 atom stereocenters. The zero-order valence-electron chi connectivity index (χ0n) is 28.0. The predicted molar refractivity (Wildman–Crippen MR) is 197 cm³/mol. The summed E-state index contributed by atoms with van der Waals surface area (Å²) < 4.78 is 17.2. The second kappa shape index (κ2) is 15.6. The topological polar surface area (TPSA) is 85.4 Å². The van der Waals surface area contributed by atoms with Crippen molar-refractivity contribution in [3.63, 3.8) is 0 Å². The van der Waals surface area contributed by atoms with E-state index in [4.69, 9.17) is 14.2 Å². The number of carbonyl (C=O) groups excluding carboxylic acids is 3. The molecule has 5 aromatic carbocycles. The van der Waals surface area contributed by atoms with Crippen LogP contribution in [0.3, 0.4) is 0 Å². The Balaban J connectivity index is 0.977.